The number of hydrogen-bond donors (Lipinski definition) is 0. The first-order valence-electron chi connectivity index (χ1n) is 8.28. The van der Waals surface area contributed by atoms with Gasteiger partial charge in [0.15, 0.2) is 11.5 Å². The molecule has 28 heavy (non-hydrogen) atoms. The van der Waals surface area contributed by atoms with Crippen LogP contribution in [0.4, 0.5) is 5.69 Å². The summed E-state index contributed by atoms with van der Waals surface area (Å²) in [6.45, 7) is 2.41. The zero-order chi connectivity index (χ0) is 20.1. The molecule has 3 aromatic rings. The van der Waals surface area contributed by atoms with E-state index in [1.165, 1.54) is 12.1 Å². The Morgan fingerprint density at radius 3 is 2.79 bits per heavy atom. The van der Waals surface area contributed by atoms with Crippen LogP contribution in [0.3, 0.4) is 0 Å². The molecule has 2 aromatic carbocycles. The maximum atomic E-state index is 10.9. The third-order valence-corrected chi connectivity index (χ3v) is 3.98. The van der Waals surface area contributed by atoms with Crippen molar-refractivity contribution in [1.82, 2.24) is 10.2 Å². The van der Waals surface area contributed by atoms with Gasteiger partial charge < -0.3 is 13.9 Å². The maximum Gasteiger partial charge on any atom is 0.270 e. The largest absolute Gasteiger partial charge is 0.493 e. The molecule has 0 amide bonds. The van der Waals surface area contributed by atoms with Gasteiger partial charge in [-0.25, -0.2) is 0 Å². The van der Waals surface area contributed by atoms with E-state index < -0.39 is 4.92 Å². The lowest BCUT2D eigenvalue weighted by Crippen LogP contribution is -1.95. The highest BCUT2D eigenvalue weighted by Crippen LogP contribution is 2.31. The first-order chi connectivity index (χ1) is 13.5. The number of nitro groups is 1. The zero-order valence-electron chi connectivity index (χ0n) is 15.1. The Kier molecular flexibility index (Phi) is 5.90. The summed E-state index contributed by atoms with van der Waals surface area (Å²) in [5, 5.41) is 18.9. The van der Waals surface area contributed by atoms with Gasteiger partial charge in [0.05, 0.1) is 18.6 Å². The van der Waals surface area contributed by atoms with Crippen LogP contribution < -0.4 is 9.47 Å². The summed E-state index contributed by atoms with van der Waals surface area (Å²) < 4.78 is 16.4. The fraction of sp³-hybridized carbons (Fsp3) is 0.158. The first kappa shape index (κ1) is 19.4. The topological polar surface area (TPSA) is 101 Å². The van der Waals surface area contributed by atoms with Crippen LogP contribution in [0.2, 0.25) is 0 Å². The second kappa shape index (κ2) is 8.53. The minimum atomic E-state index is -0.493. The SMILES string of the molecule is CCOc1ccc(/C=C(\Cl)c2nnc(-c3cccc([N+](=O)[O-])c3)o2)cc1OC. The average Bonchev–Trinajstić information content (AvgIpc) is 3.20. The molecule has 0 fully saturated rings. The Bertz CT molecular complexity index is 1030. The van der Waals surface area contributed by atoms with Crippen LogP contribution in [-0.4, -0.2) is 28.8 Å². The van der Waals surface area contributed by atoms with E-state index in [2.05, 4.69) is 10.2 Å². The van der Waals surface area contributed by atoms with Crippen molar-refractivity contribution >= 4 is 28.4 Å². The van der Waals surface area contributed by atoms with Crippen molar-refractivity contribution in [2.24, 2.45) is 0 Å². The fourth-order valence-corrected chi connectivity index (χ4v) is 2.65. The number of benzene rings is 2. The van der Waals surface area contributed by atoms with Crippen molar-refractivity contribution in [3.8, 4) is 23.0 Å². The van der Waals surface area contributed by atoms with Gasteiger partial charge >= 0.3 is 0 Å². The molecule has 0 aliphatic heterocycles. The van der Waals surface area contributed by atoms with Gasteiger partial charge in [-0.15, -0.1) is 10.2 Å². The molecule has 0 aliphatic rings. The molecule has 0 unspecified atom stereocenters. The highest BCUT2D eigenvalue weighted by atomic mass is 35.5. The summed E-state index contributed by atoms with van der Waals surface area (Å²) in [6.07, 6.45) is 1.64. The maximum absolute atomic E-state index is 10.9. The van der Waals surface area contributed by atoms with Gasteiger partial charge in [0.1, 0.15) is 5.03 Å². The number of nitro benzene ring substituents is 1. The monoisotopic (exact) mass is 401 g/mol. The van der Waals surface area contributed by atoms with E-state index in [0.717, 1.165) is 5.56 Å². The van der Waals surface area contributed by atoms with E-state index in [1.807, 2.05) is 13.0 Å². The van der Waals surface area contributed by atoms with Gasteiger partial charge in [0.25, 0.3) is 11.6 Å². The lowest BCUT2D eigenvalue weighted by atomic mass is 10.2. The molecule has 0 spiro atoms. The fourth-order valence-electron chi connectivity index (χ4n) is 2.45. The van der Waals surface area contributed by atoms with Crippen molar-refractivity contribution in [1.29, 1.82) is 0 Å². The minimum absolute atomic E-state index is 0.0691. The molecule has 0 aliphatic carbocycles. The number of ether oxygens (including phenoxy) is 2. The van der Waals surface area contributed by atoms with Crippen molar-refractivity contribution < 1.29 is 18.8 Å². The van der Waals surface area contributed by atoms with Gasteiger partial charge in [-0.2, -0.15) is 0 Å². The van der Waals surface area contributed by atoms with E-state index in [4.69, 9.17) is 25.5 Å². The van der Waals surface area contributed by atoms with Crippen molar-refractivity contribution in [2.45, 2.75) is 6.92 Å². The summed E-state index contributed by atoms with van der Waals surface area (Å²) in [7, 11) is 1.55. The van der Waals surface area contributed by atoms with Crippen molar-refractivity contribution in [3.05, 3.63) is 64.0 Å². The van der Waals surface area contributed by atoms with Gasteiger partial charge in [0.2, 0.25) is 5.89 Å². The summed E-state index contributed by atoms with van der Waals surface area (Å²) in [6, 6.07) is 11.3. The Morgan fingerprint density at radius 2 is 2.07 bits per heavy atom. The van der Waals surface area contributed by atoms with Crippen LogP contribution in [0.25, 0.3) is 22.6 Å². The Balaban J connectivity index is 1.87. The summed E-state index contributed by atoms with van der Waals surface area (Å²) in [4.78, 5) is 10.4. The summed E-state index contributed by atoms with van der Waals surface area (Å²) in [5.41, 5.74) is 1.11. The van der Waals surface area contributed by atoms with E-state index >= 15 is 0 Å². The summed E-state index contributed by atoms with van der Waals surface area (Å²) in [5.74, 6) is 1.43. The van der Waals surface area contributed by atoms with Gasteiger partial charge in [-0.3, -0.25) is 10.1 Å². The molecule has 0 radical (unpaired) electrons. The highest BCUT2D eigenvalue weighted by molar-refractivity contribution is 6.50. The molecule has 3 rings (SSSR count). The number of hydrogen-bond acceptors (Lipinski definition) is 7. The van der Waals surface area contributed by atoms with Crippen LogP contribution in [-0.2, 0) is 0 Å². The standard InChI is InChI=1S/C19H16ClN3O5/c1-3-27-16-8-7-12(10-17(16)26-2)9-15(20)19-22-21-18(28-19)13-5-4-6-14(11-13)23(24)25/h4-11H,3H2,1-2H3/b15-9-. The quantitative estimate of drug-likeness (QED) is 0.414. The number of aromatic nitrogens is 2. The normalized spacial score (nSPS) is 11.3. The van der Waals surface area contributed by atoms with Crippen LogP contribution in [0.5, 0.6) is 11.5 Å². The molecule has 0 bridgehead atoms. The first-order valence-corrected chi connectivity index (χ1v) is 8.66. The van der Waals surface area contributed by atoms with Crippen molar-refractivity contribution in [3.63, 3.8) is 0 Å². The predicted octanol–water partition coefficient (Wildman–Crippen LogP) is 4.79. The third kappa shape index (κ3) is 4.29. The smallest absolute Gasteiger partial charge is 0.270 e. The summed E-state index contributed by atoms with van der Waals surface area (Å²) >= 11 is 6.30. The Labute approximate surface area is 165 Å². The Hall–Kier alpha value is -3.39. The lowest BCUT2D eigenvalue weighted by molar-refractivity contribution is -0.384. The second-order valence-corrected chi connectivity index (χ2v) is 5.96. The second-order valence-electron chi connectivity index (χ2n) is 5.56. The molecule has 144 valence electrons. The average molecular weight is 402 g/mol. The number of non-ortho nitro benzene ring substituents is 1. The molecule has 9 heteroatoms. The van der Waals surface area contributed by atoms with Crippen LogP contribution >= 0.6 is 11.6 Å². The van der Waals surface area contributed by atoms with Crippen molar-refractivity contribution in [2.75, 3.05) is 13.7 Å². The van der Waals surface area contributed by atoms with Crippen LogP contribution in [0.15, 0.2) is 46.9 Å². The number of methoxy groups -OCH3 is 1. The molecular weight excluding hydrogens is 386 g/mol. The lowest BCUT2D eigenvalue weighted by Gasteiger charge is -2.09. The van der Waals surface area contributed by atoms with E-state index in [1.54, 1.807) is 37.5 Å². The van der Waals surface area contributed by atoms with Crippen LogP contribution in [0, 0.1) is 10.1 Å². The molecule has 8 nitrogen and oxygen atoms in total. The van der Waals surface area contributed by atoms with E-state index in [-0.39, 0.29) is 22.5 Å². The predicted molar refractivity (Wildman–Crippen MR) is 104 cm³/mol. The molecule has 0 atom stereocenters. The molecule has 0 N–H and O–H groups in total. The number of nitrogens with zero attached hydrogens (tertiary/aromatic N) is 3. The highest BCUT2D eigenvalue weighted by Gasteiger charge is 2.15. The minimum Gasteiger partial charge on any atom is -0.493 e. The number of rotatable bonds is 7. The molecule has 1 aromatic heterocycles. The number of halogens is 1. The molecule has 0 saturated heterocycles. The Morgan fingerprint density at radius 1 is 1.25 bits per heavy atom. The zero-order valence-corrected chi connectivity index (χ0v) is 15.8. The molecule has 0 saturated carbocycles. The molecular formula is C19H16ClN3O5. The van der Waals surface area contributed by atoms with Gasteiger partial charge in [-0.05, 0) is 36.8 Å². The van der Waals surface area contributed by atoms with E-state index in [0.29, 0.717) is 23.7 Å². The van der Waals surface area contributed by atoms with Gasteiger partial charge in [-0.1, -0.05) is 23.7 Å². The van der Waals surface area contributed by atoms with E-state index in [9.17, 15) is 10.1 Å². The molecule has 1 heterocycles. The van der Waals surface area contributed by atoms with Gasteiger partial charge in [0, 0.05) is 17.7 Å². The van der Waals surface area contributed by atoms with Crippen LogP contribution in [0.1, 0.15) is 18.4 Å². The third-order valence-electron chi connectivity index (χ3n) is 3.71.